The zero-order valence-corrected chi connectivity index (χ0v) is 8.55. The lowest BCUT2D eigenvalue weighted by Gasteiger charge is -2.41. The highest BCUT2D eigenvalue weighted by atomic mass is 16.1. The smallest absolute Gasteiger partial charge is 0.247 e. The second-order valence-electron chi connectivity index (χ2n) is 4.02. The van der Waals surface area contributed by atoms with Gasteiger partial charge in [0.05, 0.1) is 0 Å². The van der Waals surface area contributed by atoms with Crippen LogP contribution in [0.2, 0.25) is 0 Å². The van der Waals surface area contributed by atoms with Gasteiger partial charge < -0.3 is 10.2 Å². The number of fused-ring (bicyclic) bond motifs is 1. The molecule has 0 aromatic carbocycles. The minimum absolute atomic E-state index is 0.0196. The van der Waals surface area contributed by atoms with Gasteiger partial charge in [-0.25, -0.2) is 0 Å². The van der Waals surface area contributed by atoms with Crippen molar-refractivity contribution in [3.05, 3.63) is 23.9 Å². The Labute approximate surface area is 84.5 Å². The van der Waals surface area contributed by atoms with Gasteiger partial charge in [-0.15, -0.1) is 0 Å². The minimum Gasteiger partial charge on any atom is -0.351 e. The molecule has 0 bridgehead atoms. The maximum Gasteiger partial charge on any atom is 0.247 e. The van der Waals surface area contributed by atoms with E-state index in [0.717, 1.165) is 24.2 Å². The molecular weight excluding hydrogens is 176 g/mol. The van der Waals surface area contributed by atoms with Gasteiger partial charge in [-0.05, 0) is 31.8 Å². The van der Waals surface area contributed by atoms with Gasteiger partial charge in [-0.1, -0.05) is 6.58 Å². The van der Waals surface area contributed by atoms with Crippen LogP contribution in [0.5, 0.6) is 0 Å². The van der Waals surface area contributed by atoms with Crippen LogP contribution in [0.15, 0.2) is 23.9 Å². The van der Waals surface area contributed by atoms with E-state index in [-0.39, 0.29) is 12.1 Å². The van der Waals surface area contributed by atoms with Crippen molar-refractivity contribution in [2.45, 2.75) is 32.4 Å². The summed E-state index contributed by atoms with van der Waals surface area (Å²) in [5.41, 5.74) is 1.99. The molecule has 0 spiro atoms. The van der Waals surface area contributed by atoms with E-state index in [9.17, 15) is 4.79 Å². The summed E-state index contributed by atoms with van der Waals surface area (Å²) in [5, 5.41) is 2.97. The third-order valence-corrected chi connectivity index (χ3v) is 2.83. The predicted octanol–water partition coefficient (Wildman–Crippen LogP) is 1.39. The maximum absolute atomic E-state index is 11.4. The standard InChI is InChI=1S/C11H16N2O/c1-8(2)9-7-11(14)12-10-5-3-4-6-13(9)10/h7,10H,1,3-6H2,2H3,(H,12,14). The first-order valence-corrected chi connectivity index (χ1v) is 5.13. The Kier molecular flexibility index (Phi) is 2.32. The average Bonchev–Trinajstić information content (AvgIpc) is 2.16. The number of allylic oxidation sites excluding steroid dienone is 1. The van der Waals surface area contributed by atoms with Crippen LogP contribution in [-0.2, 0) is 4.79 Å². The van der Waals surface area contributed by atoms with Crippen molar-refractivity contribution in [3.8, 4) is 0 Å². The first-order chi connectivity index (χ1) is 6.68. The lowest BCUT2D eigenvalue weighted by Crippen LogP contribution is -2.53. The first kappa shape index (κ1) is 9.31. The predicted molar refractivity (Wildman–Crippen MR) is 55.4 cm³/mol. The molecule has 0 radical (unpaired) electrons. The number of piperidine rings is 1. The Bertz CT molecular complexity index is 306. The molecule has 3 heteroatoms. The second kappa shape index (κ2) is 3.48. The molecule has 1 N–H and O–H groups in total. The van der Waals surface area contributed by atoms with Crippen molar-refractivity contribution in [3.63, 3.8) is 0 Å². The lowest BCUT2D eigenvalue weighted by atomic mass is 10.0. The molecule has 2 rings (SSSR count). The second-order valence-corrected chi connectivity index (χ2v) is 4.02. The molecule has 3 nitrogen and oxygen atoms in total. The third-order valence-electron chi connectivity index (χ3n) is 2.83. The summed E-state index contributed by atoms with van der Waals surface area (Å²) in [6.45, 7) is 6.90. The summed E-state index contributed by atoms with van der Waals surface area (Å²) < 4.78 is 0. The molecule has 1 saturated heterocycles. The van der Waals surface area contributed by atoms with E-state index in [0.29, 0.717) is 0 Å². The third kappa shape index (κ3) is 1.54. The maximum atomic E-state index is 11.4. The molecule has 0 aromatic heterocycles. The summed E-state index contributed by atoms with van der Waals surface area (Å²) in [6, 6.07) is 0. The van der Waals surface area contributed by atoms with Gasteiger partial charge in [0.2, 0.25) is 5.91 Å². The summed E-state index contributed by atoms with van der Waals surface area (Å²) in [7, 11) is 0. The van der Waals surface area contributed by atoms with Crippen LogP contribution in [0.4, 0.5) is 0 Å². The molecule has 2 aliphatic heterocycles. The fourth-order valence-corrected chi connectivity index (χ4v) is 2.15. The Morgan fingerprint density at radius 2 is 2.43 bits per heavy atom. The van der Waals surface area contributed by atoms with Crippen LogP contribution < -0.4 is 5.32 Å². The van der Waals surface area contributed by atoms with Gasteiger partial charge in [0.1, 0.15) is 6.17 Å². The molecular formula is C11H16N2O. The first-order valence-electron chi connectivity index (χ1n) is 5.13. The van der Waals surface area contributed by atoms with Gasteiger partial charge in [0.25, 0.3) is 0 Å². The normalized spacial score (nSPS) is 26.4. The van der Waals surface area contributed by atoms with Gasteiger partial charge >= 0.3 is 0 Å². The Morgan fingerprint density at radius 3 is 3.14 bits per heavy atom. The number of hydrogen-bond donors (Lipinski definition) is 1. The summed E-state index contributed by atoms with van der Waals surface area (Å²) >= 11 is 0. The van der Waals surface area contributed by atoms with E-state index >= 15 is 0 Å². The lowest BCUT2D eigenvalue weighted by molar-refractivity contribution is -0.119. The highest BCUT2D eigenvalue weighted by molar-refractivity contribution is 5.90. The zero-order valence-electron chi connectivity index (χ0n) is 8.55. The number of nitrogens with zero attached hydrogens (tertiary/aromatic N) is 1. The molecule has 2 aliphatic rings. The van der Waals surface area contributed by atoms with Crippen LogP contribution >= 0.6 is 0 Å². The van der Waals surface area contributed by atoms with E-state index in [1.165, 1.54) is 12.8 Å². The molecule has 0 saturated carbocycles. The van der Waals surface area contributed by atoms with Crippen molar-refractivity contribution < 1.29 is 4.79 Å². The number of hydrogen-bond acceptors (Lipinski definition) is 2. The van der Waals surface area contributed by atoms with Crippen molar-refractivity contribution in [2.24, 2.45) is 0 Å². The fourth-order valence-electron chi connectivity index (χ4n) is 2.15. The number of rotatable bonds is 1. The van der Waals surface area contributed by atoms with Crippen LogP contribution in [0.25, 0.3) is 0 Å². The zero-order chi connectivity index (χ0) is 10.1. The molecule has 1 unspecified atom stereocenters. The van der Waals surface area contributed by atoms with E-state index < -0.39 is 0 Å². The SMILES string of the molecule is C=C(C)C1=CC(=O)NC2CCCCN12. The van der Waals surface area contributed by atoms with Crippen molar-refractivity contribution in [1.82, 2.24) is 10.2 Å². The van der Waals surface area contributed by atoms with Crippen molar-refractivity contribution in [1.29, 1.82) is 0 Å². The molecule has 1 amide bonds. The number of carbonyl (C=O) groups excluding carboxylic acids is 1. The fraction of sp³-hybridized carbons (Fsp3) is 0.545. The molecule has 0 aromatic rings. The Balaban J connectivity index is 2.28. The van der Waals surface area contributed by atoms with Crippen molar-refractivity contribution >= 4 is 5.91 Å². The molecule has 76 valence electrons. The highest BCUT2D eigenvalue weighted by Gasteiger charge is 2.29. The van der Waals surface area contributed by atoms with Crippen LogP contribution in [0.3, 0.4) is 0 Å². The largest absolute Gasteiger partial charge is 0.351 e. The van der Waals surface area contributed by atoms with Crippen LogP contribution in [0, 0.1) is 0 Å². The van der Waals surface area contributed by atoms with Crippen LogP contribution in [0.1, 0.15) is 26.2 Å². The monoisotopic (exact) mass is 192 g/mol. The molecule has 0 aliphatic carbocycles. The topological polar surface area (TPSA) is 32.3 Å². The van der Waals surface area contributed by atoms with Gasteiger partial charge in [0, 0.05) is 18.3 Å². The molecule has 2 heterocycles. The summed E-state index contributed by atoms with van der Waals surface area (Å²) in [5.74, 6) is 0.0196. The Morgan fingerprint density at radius 1 is 1.64 bits per heavy atom. The van der Waals surface area contributed by atoms with Crippen LogP contribution in [-0.4, -0.2) is 23.5 Å². The van der Waals surface area contributed by atoms with Crippen molar-refractivity contribution in [2.75, 3.05) is 6.54 Å². The molecule has 14 heavy (non-hydrogen) atoms. The van der Waals surface area contributed by atoms with Gasteiger partial charge in [0.15, 0.2) is 0 Å². The average molecular weight is 192 g/mol. The summed E-state index contributed by atoms with van der Waals surface area (Å²) in [6.07, 6.45) is 5.32. The number of carbonyl (C=O) groups is 1. The van der Waals surface area contributed by atoms with Gasteiger partial charge in [-0.3, -0.25) is 4.79 Å². The van der Waals surface area contributed by atoms with E-state index in [1.807, 2.05) is 6.92 Å². The van der Waals surface area contributed by atoms with Gasteiger partial charge in [-0.2, -0.15) is 0 Å². The minimum atomic E-state index is 0.0196. The van der Waals surface area contributed by atoms with E-state index in [4.69, 9.17) is 0 Å². The van der Waals surface area contributed by atoms with E-state index in [1.54, 1.807) is 6.08 Å². The number of amides is 1. The molecule has 1 atom stereocenters. The highest BCUT2D eigenvalue weighted by Crippen LogP contribution is 2.25. The summed E-state index contributed by atoms with van der Waals surface area (Å²) in [4.78, 5) is 13.6. The Hall–Kier alpha value is -1.25. The quantitative estimate of drug-likeness (QED) is 0.681. The van der Waals surface area contributed by atoms with E-state index in [2.05, 4.69) is 16.8 Å². The molecule has 1 fully saturated rings. The number of nitrogens with one attached hydrogen (secondary N) is 1.